The standard InChI is InChI=1S/C27H48N6O5.C2H6/c1-5-21(35)11-7-9-20(10-8-16-34)17-19(3)18-24(26(37)31-15-14-29)33(4)27(38)23(12-13-28)32-25(36)22(30)6-2;1-2/h5,7-8,10-11,17,19,22-24,34-35H,6,9,12-16,18,28-30H2,1-4H3,(H,31,37)(H,32,36);1-2H3/b10-8-,11-7-,20-17-,21-5+;/t19?,22?,23-,24?;/m0./s1. The first kappa shape index (κ1) is 39.2. The molecule has 0 fully saturated rings. The van der Waals surface area contributed by atoms with Crippen LogP contribution in [-0.4, -0.2) is 84.2 Å². The summed E-state index contributed by atoms with van der Waals surface area (Å²) in [6, 6.07) is -2.52. The van der Waals surface area contributed by atoms with Crippen LogP contribution in [0.3, 0.4) is 0 Å². The molecule has 230 valence electrons. The van der Waals surface area contributed by atoms with Crippen LogP contribution in [0.1, 0.15) is 60.3 Å². The Morgan fingerprint density at radius 3 is 2.23 bits per heavy atom. The highest BCUT2D eigenvalue weighted by Gasteiger charge is 2.33. The van der Waals surface area contributed by atoms with Gasteiger partial charge in [-0.15, -0.1) is 0 Å². The van der Waals surface area contributed by atoms with E-state index in [2.05, 4.69) is 10.6 Å². The Hall–Kier alpha value is -2.99. The predicted molar refractivity (Wildman–Crippen MR) is 162 cm³/mol. The lowest BCUT2D eigenvalue weighted by Gasteiger charge is -2.32. The van der Waals surface area contributed by atoms with Crippen molar-refractivity contribution in [3.63, 3.8) is 0 Å². The van der Waals surface area contributed by atoms with Crippen molar-refractivity contribution in [2.45, 2.75) is 78.4 Å². The summed E-state index contributed by atoms with van der Waals surface area (Å²) in [5.74, 6) is -1.27. The molecule has 11 heteroatoms. The Kier molecular flexibility index (Phi) is 23.4. The topological polar surface area (TPSA) is 197 Å². The van der Waals surface area contributed by atoms with Gasteiger partial charge in [0.05, 0.1) is 12.6 Å². The van der Waals surface area contributed by atoms with Crippen molar-refractivity contribution in [2.24, 2.45) is 23.1 Å². The quantitative estimate of drug-likeness (QED) is 0.0954. The molecule has 0 heterocycles. The summed E-state index contributed by atoms with van der Waals surface area (Å²) in [5.41, 5.74) is 17.9. The van der Waals surface area contributed by atoms with Crippen molar-refractivity contribution in [1.82, 2.24) is 15.5 Å². The van der Waals surface area contributed by atoms with Crippen LogP contribution in [0.5, 0.6) is 0 Å². The highest BCUT2D eigenvalue weighted by atomic mass is 16.3. The Balaban J connectivity index is 0. The first-order valence-electron chi connectivity index (χ1n) is 14.1. The molecule has 0 aliphatic carbocycles. The molecule has 4 atom stereocenters. The van der Waals surface area contributed by atoms with Crippen LogP contribution in [0.25, 0.3) is 0 Å². The van der Waals surface area contributed by atoms with Gasteiger partial charge in [0.15, 0.2) is 0 Å². The molecule has 0 aromatic heterocycles. The fraction of sp³-hybridized carbons (Fsp3) is 0.621. The second-order valence-electron chi connectivity index (χ2n) is 9.06. The Morgan fingerprint density at radius 1 is 1.05 bits per heavy atom. The second kappa shape index (κ2) is 23.9. The third kappa shape index (κ3) is 16.2. The highest BCUT2D eigenvalue weighted by Crippen LogP contribution is 2.18. The van der Waals surface area contributed by atoms with Crippen molar-refractivity contribution in [2.75, 3.05) is 33.3 Å². The van der Waals surface area contributed by atoms with Crippen molar-refractivity contribution in [3.8, 4) is 0 Å². The Labute approximate surface area is 240 Å². The van der Waals surface area contributed by atoms with Crippen LogP contribution in [0.4, 0.5) is 0 Å². The minimum Gasteiger partial charge on any atom is -0.508 e. The first-order chi connectivity index (χ1) is 19.1. The van der Waals surface area contributed by atoms with E-state index in [0.29, 0.717) is 12.8 Å². The molecule has 0 rings (SSSR count). The average molecular weight is 567 g/mol. The molecule has 0 radical (unpaired) electrons. The average Bonchev–Trinajstić information content (AvgIpc) is 2.96. The maximum absolute atomic E-state index is 13.4. The van der Waals surface area contributed by atoms with E-state index >= 15 is 0 Å². The van der Waals surface area contributed by atoms with E-state index in [0.717, 1.165) is 5.57 Å². The van der Waals surface area contributed by atoms with Crippen molar-refractivity contribution in [3.05, 3.63) is 47.8 Å². The lowest BCUT2D eigenvalue weighted by Crippen LogP contribution is -2.57. The summed E-state index contributed by atoms with van der Waals surface area (Å²) in [7, 11) is 1.52. The summed E-state index contributed by atoms with van der Waals surface area (Å²) in [6.07, 6.45) is 11.6. The zero-order valence-electron chi connectivity index (χ0n) is 25.2. The summed E-state index contributed by atoms with van der Waals surface area (Å²) < 4.78 is 0. The minimum absolute atomic E-state index is 0.132. The van der Waals surface area contributed by atoms with Gasteiger partial charge in [-0.1, -0.05) is 52.0 Å². The molecule has 0 saturated heterocycles. The van der Waals surface area contributed by atoms with Crippen LogP contribution in [0, 0.1) is 5.92 Å². The largest absolute Gasteiger partial charge is 0.508 e. The van der Waals surface area contributed by atoms with Crippen LogP contribution < -0.4 is 27.8 Å². The molecule has 0 aliphatic heterocycles. The van der Waals surface area contributed by atoms with Gasteiger partial charge in [-0.05, 0) is 62.8 Å². The summed E-state index contributed by atoms with van der Waals surface area (Å²) in [6.45, 7) is 9.93. The summed E-state index contributed by atoms with van der Waals surface area (Å²) in [4.78, 5) is 40.2. The predicted octanol–water partition coefficient (Wildman–Crippen LogP) is 1.39. The second-order valence-corrected chi connectivity index (χ2v) is 9.06. The summed E-state index contributed by atoms with van der Waals surface area (Å²) >= 11 is 0. The van der Waals surface area contributed by atoms with Crippen molar-refractivity contribution in [1.29, 1.82) is 0 Å². The fourth-order valence-electron chi connectivity index (χ4n) is 3.64. The molecule has 0 aromatic carbocycles. The number of aliphatic hydroxyl groups is 2. The number of aliphatic hydroxyl groups excluding tert-OH is 2. The van der Waals surface area contributed by atoms with Gasteiger partial charge in [-0.25, -0.2) is 0 Å². The highest BCUT2D eigenvalue weighted by molar-refractivity contribution is 5.93. The van der Waals surface area contributed by atoms with E-state index < -0.39 is 29.9 Å². The molecule has 0 aliphatic rings. The maximum Gasteiger partial charge on any atom is 0.245 e. The number of allylic oxidation sites excluding steroid dienone is 6. The molecule has 3 amide bonds. The molecule has 11 nitrogen and oxygen atoms in total. The zero-order valence-corrected chi connectivity index (χ0v) is 25.2. The maximum atomic E-state index is 13.4. The number of hydrogen-bond acceptors (Lipinski definition) is 8. The number of likely N-dealkylation sites (N-methyl/N-ethyl adjacent to an activating group) is 1. The number of amides is 3. The van der Waals surface area contributed by atoms with Gasteiger partial charge in [0.2, 0.25) is 17.7 Å². The van der Waals surface area contributed by atoms with E-state index in [9.17, 15) is 24.6 Å². The molecular weight excluding hydrogens is 512 g/mol. The minimum atomic E-state index is -0.918. The number of carbonyl (C=O) groups is 3. The first-order valence-corrected chi connectivity index (χ1v) is 14.1. The molecule has 0 aromatic rings. The van der Waals surface area contributed by atoms with E-state index in [1.165, 1.54) is 11.9 Å². The monoisotopic (exact) mass is 566 g/mol. The van der Waals surface area contributed by atoms with Gasteiger partial charge in [0.1, 0.15) is 17.8 Å². The van der Waals surface area contributed by atoms with E-state index in [1.807, 2.05) is 26.8 Å². The number of hydrogen-bond donors (Lipinski definition) is 7. The van der Waals surface area contributed by atoms with E-state index in [4.69, 9.17) is 17.2 Å². The van der Waals surface area contributed by atoms with Gasteiger partial charge in [-0.2, -0.15) is 0 Å². The Morgan fingerprint density at radius 2 is 1.70 bits per heavy atom. The molecule has 0 spiro atoms. The lowest BCUT2D eigenvalue weighted by atomic mass is 9.95. The molecule has 0 bridgehead atoms. The van der Waals surface area contributed by atoms with Gasteiger partial charge >= 0.3 is 0 Å². The molecule has 0 saturated carbocycles. The number of rotatable bonds is 18. The number of nitrogens with zero attached hydrogens (tertiary/aromatic N) is 1. The SMILES string of the molecule is C/C=C(O)\C=C/CC(/C=C\CO)=C/C(C)CC(C(=O)NCCN)N(C)C(=O)[C@H](CCN)NC(=O)C(N)CC.CC. The van der Waals surface area contributed by atoms with Crippen LogP contribution >= 0.6 is 0 Å². The fourth-order valence-corrected chi connectivity index (χ4v) is 3.64. The van der Waals surface area contributed by atoms with E-state index in [-0.39, 0.29) is 56.7 Å². The van der Waals surface area contributed by atoms with Gasteiger partial charge < -0.3 is 42.9 Å². The number of nitrogens with two attached hydrogens (primary N) is 3. The number of nitrogens with one attached hydrogen (secondary N) is 2. The molecule has 40 heavy (non-hydrogen) atoms. The van der Waals surface area contributed by atoms with Gasteiger partial charge in [0.25, 0.3) is 0 Å². The lowest BCUT2D eigenvalue weighted by molar-refractivity contribution is -0.142. The Bertz CT molecular complexity index is 856. The zero-order chi connectivity index (χ0) is 31.1. The van der Waals surface area contributed by atoms with Crippen LogP contribution in [0.15, 0.2) is 47.8 Å². The third-order valence-corrected chi connectivity index (χ3v) is 5.88. The third-order valence-electron chi connectivity index (χ3n) is 5.88. The van der Waals surface area contributed by atoms with Crippen LogP contribution in [-0.2, 0) is 14.4 Å². The summed E-state index contributed by atoms with van der Waals surface area (Å²) in [5, 5.41) is 24.3. The van der Waals surface area contributed by atoms with Crippen molar-refractivity contribution >= 4 is 17.7 Å². The van der Waals surface area contributed by atoms with Gasteiger partial charge in [0, 0.05) is 20.1 Å². The van der Waals surface area contributed by atoms with Crippen molar-refractivity contribution < 1.29 is 24.6 Å². The molecular formula is C29H54N6O5. The normalized spacial score (nSPS) is 15.2. The van der Waals surface area contributed by atoms with Crippen LogP contribution in [0.2, 0.25) is 0 Å². The smallest absolute Gasteiger partial charge is 0.245 e. The van der Waals surface area contributed by atoms with E-state index in [1.54, 1.807) is 44.2 Å². The molecule has 10 N–H and O–H groups in total. The molecule has 3 unspecified atom stereocenters. The van der Waals surface area contributed by atoms with Gasteiger partial charge in [-0.3, -0.25) is 14.4 Å². The number of carbonyl (C=O) groups excluding carboxylic acids is 3.